The summed E-state index contributed by atoms with van der Waals surface area (Å²) in [7, 11) is 0. The third kappa shape index (κ3) is 5.29. The highest BCUT2D eigenvalue weighted by molar-refractivity contribution is 6.31. The van der Waals surface area contributed by atoms with Crippen molar-refractivity contribution in [2.24, 2.45) is 11.8 Å². The molecule has 0 bridgehead atoms. The van der Waals surface area contributed by atoms with Crippen molar-refractivity contribution in [3.63, 3.8) is 0 Å². The number of nitrogens with zero attached hydrogens (tertiary/aromatic N) is 2. The van der Waals surface area contributed by atoms with Gasteiger partial charge in [0.2, 0.25) is 5.91 Å². The largest absolute Gasteiger partial charge is 0.356 e. The lowest BCUT2D eigenvalue weighted by molar-refractivity contribution is -0.126. The molecule has 0 aliphatic carbocycles. The number of halogens is 1. The Labute approximate surface area is 195 Å². The average molecular weight is 459 g/mol. The third-order valence-corrected chi connectivity index (χ3v) is 7.62. The predicted octanol–water partition coefficient (Wildman–Crippen LogP) is 4.30. The first-order valence-electron chi connectivity index (χ1n) is 12.0. The Morgan fingerprint density at radius 1 is 1.12 bits per heavy atom. The van der Waals surface area contributed by atoms with Crippen molar-refractivity contribution in [1.29, 1.82) is 0 Å². The standard InChI is InChI=1S/C25H35ClN4O2/c1-17(29-11-3-4-12-29)7-10-27-24(31)18(2)19-8-13-30(14-9-19)25(32)23-16-20-15-21(26)5-6-22(20)28-23/h5-6,15-19,28H,3-4,7-14H2,1-2H3,(H,27,31)/t17-,18+/m1/s1. The Bertz CT molecular complexity index is 945. The van der Waals surface area contributed by atoms with E-state index in [1.165, 1.54) is 25.9 Å². The van der Waals surface area contributed by atoms with E-state index in [2.05, 4.69) is 22.1 Å². The molecular formula is C25H35ClN4O2. The molecule has 2 fully saturated rings. The van der Waals surface area contributed by atoms with E-state index in [4.69, 9.17) is 11.6 Å². The van der Waals surface area contributed by atoms with Gasteiger partial charge in [0, 0.05) is 47.5 Å². The second-order valence-corrected chi connectivity index (χ2v) is 9.94. The fourth-order valence-corrected chi connectivity index (χ4v) is 5.32. The number of hydrogen-bond donors (Lipinski definition) is 2. The molecule has 3 heterocycles. The second kappa shape index (κ2) is 10.3. The number of amides is 2. The molecule has 7 heteroatoms. The summed E-state index contributed by atoms with van der Waals surface area (Å²) < 4.78 is 0. The van der Waals surface area contributed by atoms with Crippen LogP contribution < -0.4 is 5.32 Å². The van der Waals surface area contributed by atoms with Crippen LogP contribution in [0.3, 0.4) is 0 Å². The minimum atomic E-state index is -0.0236. The van der Waals surface area contributed by atoms with Crippen LogP contribution in [-0.2, 0) is 4.79 Å². The Kier molecular flexibility index (Phi) is 7.41. The summed E-state index contributed by atoms with van der Waals surface area (Å²) in [6.07, 6.45) is 5.31. The normalized spacial score (nSPS) is 19.9. The maximum atomic E-state index is 13.0. The third-order valence-electron chi connectivity index (χ3n) is 7.39. The lowest BCUT2D eigenvalue weighted by Gasteiger charge is -2.34. The van der Waals surface area contributed by atoms with Crippen molar-refractivity contribution in [2.75, 3.05) is 32.7 Å². The number of benzene rings is 1. The first kappa shape index (κ1) is 23.1. The van der Waals surface area contributed by atoms with Crippen LogP contribution in [0.25, 0.3) is 10.9 Å². The highest BCUT2D eigenvalue weighted by Crippen LogP contribution is 2.27. The molecule has 2 aromatic rings. The van der Waals surface area contributed by atoms with Gasteiger partial charge in [-0.05, 0) is 82.3 Å². The van der Waals surface area contributed by atoms with E-state index in [0.717, 1.165) is 36.7 Å². The maximum absolute atomic E-state index is 13.0. The quantitative estimate of drug-likeness (QED) is 0.649. The van der Waals surface area contributed by atoms with Crippen molar-refractivity contribution in [2.45, 2.75) is 52.0 Å². The van der Waals surface area contributed by atoms with E-state index >= 15 is 0 Å². The molecule has 2 aliphatic heterocycles. The number of H-pyrrole nitrogens is 1. The molecule has 174 valence electrons. The van der Waals surface area contributed by atoms with Crippen LogP contribution in [0, 0.1) is 11.8 Å². The van der Waals surface area contributed by atoms with Crippen LogP contribution in [0.2, 0.25) is 5.02 Å². The maximum Gasteiger partial charge on any atom is 0.270 e. The summed E-state index contributed by atoms with van der Waals surface area (Å²) >= 11 is 6.06. The Hall–Kier alpha value is -2.05. The van der Waals surface area contributed by atoms with Gasteiger partial charge in [0.25, 0.3) is 5.91 Å². The zero-order chi connectivity index (χ0) is 22.7. The van der Waals surface area contributed by atoms with E-state index in [0.29, 0.717) is 35.8 Å². The van der Waals surface area contributed by atoms with Gasteiger partial charge < -0.3 is 20.1 Å². The molecule has 32 heavy (non-hydrogen) atoms. The molecule has 4 rings (SSSR count). The molecule has 2 N–H and O–H groups in total. The summed E-state index contributed by atoms with van der Waals surface area (Å²) in [5.41, 5.74) is 1.51. The molecule has 0 unspecified atom stereocenters. The van der Waals surface area contributed by atoms with Crippen LogP contribution in [0.5, 0.6) is 0 Å². The van der Waals surface area contributed by atoms with E-state index in [1.54, 1.807) is 0 Å². The van der Waals surface area contributed by atoms with Gasteiger partial charge in [-0.15, -0.1) is 0 Å². The molecule has 1 aromatic heterocycles. The number of aromatic amines is 1. The highest BCUT2D eigenvalue weighted by Gasteiger charge is 2.30. The Balaban J connectivity index is 1.23. The SMILES string of the molecule is C[C@H](C(=O)NCC[C@@H](C)N1CCCC1)C1CCN(C(=O)c2cc3cc(Cl)ccc3[nH]2)CC1. The number of hydrogen-bond acceptors (Lipinski definition) is 3. The van der Waals surface area contributed by atoms with Gasteiger partial charge in [-0.25, -0.2) is 0 Å². The van der Waals surface area contributed by atoms with Crippen molar-refractivity contribution in [1.82, 2.24) is 20.1 Å². The first-order valence-corrected chi connectivity index (χ1v) is 12.4. The lowest BCUT2D eigenvalue weighted by atomic mass is 9.84. The Morgan fingerprint density at radius 3 is 2.56 bits per heavy atom. The van der Waals surface area contributed by atoms with Gasteiger partial charge in [-0.2, -0.15) is 0 Å². The van der Waals surface area contributed by atoms with Gasteiger partial charge in [-0.1, -0.05) is 18.5 Å². The number of carbonyl (C=O) groups excluding carboxylic acids is 2. The average Bonchev–Trinajstić information content (AvgIpc) is 3.48. The second-order valence-electron chi connectivity index (χ2n) is 9.50. The molecule has 0 saturated carbocycles. The number of nitrogens with one attached hydrogen (secondary N) is 2. The number of likely N-dealkylation sites (tertiary alicyclic amines) is 2. The molecule has 0 spiro atoms. The fraction of sp³-hybridized carbons (Fsp3) is 0.600. The molecule has 6 nitrogen and oxygen atoms in total. The van der Waals surface area contributed by atoms with E-state index in [9.17, 15) is 9.59 Å². The minimum Gasteiger partial charge on any atom is -0.356 e. The Morgan fingerprint density at radius 2 is 1.84 bits per heavy atom. The number of fused-ring (bicyclic) bond motifs is 1. The number of carbonyl (C=O) groups is 2. The molecule has 2 aliphatic rings. The fourth-order valence-electron chi connectivity index (χ4n) is 5.14. The topological polar surface area (TPSA) is 68.4 Å². The van der Waals surface area contributed by atoms with Crippen molar-refractivity contribution >= 4 is 34.3 Å². The van der Waals surface area contributed by atoms with Crippen molar-refractivity contribution in [3.05, 3.63) is 35.0 Å². The summed E-state index contributed by atoms with van der Waals surface area (Å²) in [4.78, 5) is 33.3. The van der Waals surface area contributed by atoms with E-state index in [1.807, 2.05) is 36.1 Å². The number of aromatic nitrogens is 1. The molecule has 0 radical (unpaired) electrons. The molecule has 2 saturated heterocycles. The summed E-state index contributed by atoms with van der Waals surface area (Å²) in [5, 5.41) is 4.76. The van der Waals surface area contributed by atoms with Crippen LogP contribution >= 0.6 is 11.6 Å². The smallest absolute Gasteiger partial charge is 0.270 e. The monoisotopic (exact) mass is 458 g/mol. The van der Waals surface area contributed by atoms with Crippen molar-refractivity contribution in [3.8, 4) is 0 Å². The molecule has 1 aromatic carbocycles. The van der Waals surface area contributed by atoms with Gasteiger partial charge in [0.1, 0.15) is 5.69 Å². The summed E-state index contributed by atoms with van der Waals surface area (Å²) in [5.74, 6) is 0.459. The van der Waals surface area contributed by atoms with Gasteiger partial charge in [0.05, 0.1) is 0 Å². The lowest BCUT2D eigenvalue weighted by Crippen LogP contribution is -2.43. The predicted molar refractivity (Wildman–Crippen MR) is 129 cm³/mol. The number of rotatable bonds is 7. The molecule has 2 amide bonds. The van der Waals surface area contributed by atoms with Gasteiger partial charge in [0.15, 0.2) is 0 Å². The van der Waals surface area contributed by atoms with Gasteiger partial charge >= 0.3 is 0 Å². The van der Waals surface area contributed by atoms with Crippen LogP contribution in [0.15, 0.2) is 24.3 Å². The van der Waals surface area contributed by atoms with E-state index < -0.39 is 0 Å². The molecular weight excluding hydrogens is 424 g/mol. The van der Waals surface area contributed by atoms with Crippen LogP contribution in [-0.4, -0.2) is 65.4 Å². The van der Waals surface area contributed by atoms with Crippen LogP contribution in [0.1, 0.15) is 56.4 Å². The summed E-state index contributed by atoms with van der Waals surface area (Å²) in [6.45, 7) is 8.78. The minimum absolute atomic E-state index is 0.0174. The number of piperidine rings is 1. The highest BCUT2D eigenvalue weighted by atomic mass is 35.5. The van der Waals surface area contributed by atoms with Gasteiger partial charge in [-0.3, -0.25) is 9.59 Å². The first-order chi connectivity index (χ1) is 15.4. The zero-order valence-corrected chi connectivity index (χ0v) is 20.0. The molecule has 2 atom stereocenters. The summed E-state index contributed by atoms with van der Waals surface area (Å²) in [6, 6.07) is 7.98. The van der Waals surface area contributed by atoms with Crippen LogP contribution in [0.4, 0.5) is 0 Å². The zero-order valence-electron chi connectivity index (χ0n) is 19.2. The van der Waals surface area contributed by atoms with Crippen molar-refractivity contribution < 1.29 is 9.59 Å². The van der Waals surface area contributed by atoms with E-state index in [-0.39, 0.29) is 17.7 Å².